The minimum Gasteiger partial charge on any atom is -0.497 e. The van der Waals surface area contributed by atoms with Crippen LogP contribution in [0.2, 0.25) is 0 Å². The summed E-state index contributed by atoms with van der Waals surface area (Å²) in [6.45, 7) is 0. The molecular weight excluding hydrogens is 338 g/mol. The number of H-pyrrole nitrogens is 1. The lowest BCUT2D eigenvalue weighted by atomic mass is 10.2. The Labute approximate surface area is 147 Å². The molecule has 0 saturated carbocycles. The number of aromatic nitrogens is 3. The van der Waals surface area contributed by atoms with Gasteiger partial charge < -0.3 is 9.72 Å². The number of ether oxygens (including phenoxy) is 1. The average Bonchev–Trinajstić information content (AvgIpc) is 3.26. The largest absolute Gasteiger partial charge is 0.497 e. The Morgan fingerprint density at radius 3 is 2.71 bits per heavy atom. The van der Waals surface area contributed by atoms with E-state index in [1.165, 1.54) is 0 Å². The standard InChI is InChI=1S/C18H15N3OS2/c1-22-14-8-6-12(7-9-14)17-19-13(10-23-17)11-24-18-20-15-4-2-3-5-16(15)21-18/h2-10H,11H2,1H3,(H,20,21). The van der Waals surface area contributed by atoms with Gasteiger partial charge in [0.2, 0.25) is 0 Å². The van der Waals surface area contributed by atoms with Crippen molar-refractivity contribution in [3.05, 3.63) is 59.6 Å². The molecule has 6 heteroatoms. The maximum atomic E-state index is 5.19. The highest BCUT2D eigenvalue weighted by molar-refractivity contribution is 7.98. The van der Waals surface area contributed by atoms with Crippen LogP contribution in [0.5, 0.6) is 5.75 Å². The molecule has 120 valence electrons. The number of methoxy groups -OCH3 is 1. The van der Waals surface area contributed by atoms with E-state index in [1.54, 1.807) is 30.2 Å². The Morgan fingerprint density at radius 2 is 1.92 bits per heavy atom. The first kappa shape index (κ1) is 15.2. The SMILES string of the molecule is COc1ccc(-c2nc(CSc3nc4ccccc4[nH]3)cs2)cc1. The summed E-state index contributed by atoms with van der Waals surface area (Å²) in [4.78, 5) is 12.6. The van der Waals surface area contributed by atoms with Gasteiger partial charge in [-0.25, -0.2) is 9.97 Å². The van der Waals surface area contributed by atoms with Crippen LogP contribution in [0.4, 0.5) is 0 Å². The van der Waals surface area contributed by atoms with E-state index in [0.29, 0.717) is 0 Å². The van der Waals surface area contributed by atoms with Gasteiger partial charge >= 0.3 is 0 Å². The molecule has 1 N–H and O–H groups in total. The van der Waals surface area contributed by atoms with E-state index in [2.05, 4.69) is 15.3 Å². The number of aromatic amines is 1. The number of imidazole rings is 1. The van der Waals surface area contributed by atoms with Crippen molar-refractivity contribution < 1.29 is 4.74 Å². The van der Waals surface area contributed by atoms with Crippen molar-refractivity contribution in [2.24, 2.45) is 0 Å². The summed E-state index contributed by atoms with van der Waals surface area (Å²) in [7, 11) is 1.67. The molecule has 2 aromatic heterocycles. The Hall–Kier alpha value is -2.31. The van der Waals surface area contributed by atoms with Gasteiger partial charge in [-0.1, -0.05) is 23.9 Å². The highest BCUT2D eigenvalue weighted by Gasteiger charge is 2.08. The van der Waals surface area contributed by atoms with Gasteiger partial charge in [0.05, 0.1) is 23.8 Å². The van der Waals surface area contributed by atoms with Crippen molar-refractivity contribution in [1.29, 1.82) is 0 Å². The van der Waals surface area contributed by atoms with Crippen LogP contribution in [0.15, 0.2) is 59.1 Å². The molecule has 2 heterocycles. The summed E-state index contributed by atoms with van der Waals surface area (Å²) in [5.74, 6) is 1.66. The van der Waals surface area contributed by atoms with Crippen LogP contribution in [-0.2, 0) is 5.75 Å². The Kier molecular flexibility index (Phi) is 4.23. The highest BCUT2D eigenvalue weighted by Crippen LogP contribution is 2.28. The lowest BCUT2D eigenvalue weighted by Gasteiger charge is -2.00. The van der Waals surface area contributed by atoms with E-state index in [9.17, 15) is 0 Å². The molecule has 0 fully saturated rings. The smallest absolute Gasteiger partial charge is 0.166 e. The third kappa shape index (κ3) is 3.16. The third-order valence-corrected chi connectivity index (χ3v) is 5.46. The minimum absolute atomic E-state index is 0.798. The lowest BCUT2D eigenvalue weighted by Crippen LogP contribution is -1.84. The summed E-state index contributed by atoms with van der Waals surface area (Å²) < 4.78 is 5.19. The third-order valence-electron chi connectivity index (χ3n) is 3.61. The van der Waals surface area contributed by atoms with Gasteiger partial charge in [0.1, 0.15) is 10.8 Å². The van der Waals surface area contributed by atoms with E-state index >= 15 is 0 Å². The molecule has 0 aliphatic carbocycles. The topological polar surface area (TPSA) is 50.8 Å². The monoisotopic (exact) mass is 353 g/mol. The van der Waals surface area contributed by atoms with Crippen LogP contribution in [0, 0.1) is 0 Å². The molecule has 0 amide bonds. The normalized spacial score (nSPS) is 11.0. The number of nitrogens with one attached hydrogen (secondary N) is 1. The van der Waals surface area contributed by atoms with Crippen LogP contribution < -0.4 is 4.74 Å². The summed E-state index contributed by atoms with van der Waals surface area (Å²) in [5.41, 5.74) is 4.24. The molecule has 0 aliphatic heterocycles. The molecule has 0 unspecified atom stereocenters. The van der Waals surface area contributed by atoms with E-state index in [1.807, 2.05) is 48.5 Å². The molecule has 0 aliphatic rings. The minimum atomic E-state index is 0.798. The molecule has 24 heavy (non-hydrogen) atoms. The van der Waals surface area contributed by atoms with Crippen molar-refractivity contribution in [2.75, 3.05) is 7.11 Å². The van der Waals surface area contributed by atoms with Gasteiger partial charge in [-0.05, 0) is 36.4 Å². The Bertz CT molecular complexity index is 927. The van der Waals surface area contributed by atoms with Crippen LogP contribution >= 0.6 is 23.1 Å². The quantitative estimate of drug-likeness (QED) is 0.514. The zero-order valence-electron chi connectivity index (χ0n) is 13.0. The van der Waals surface area contributed by atoms with Crippen LogP contribution in [0.25, 0.3) is 21.6 Å². The first-order valence-electron chi connectivity index (χ1n) is 7.48. The number of hydrogen-bond donors (Lipinski definition) is 1. The van der Waals surface area contributed by atoms with Crippen molar-refractivity contribution in [3.63, 3.8) is 0 Å². The van der Waals surface area contributed by atoms with Crippen LogP contribution in [0.1, 0.15) is 5.69 Å². The fourth-order valence-electron chi connectivity index (χ4n) is 2.38. The van der Waals surface area contributed by atoms with Crippen molar-refractivity contribution in [2.45, 2.75) is 10.9 Å². The Morgan fingerprint density at radius 1 is 1.08 bits per heavy atom. The highest BCUT2D eigenvalue weighted by atomic mass is 32.2. The van der Waals surface area contributed by atoms with E-state index in [4.69, 9.17) is 9.72 Å². The van der Waals surface area contributed by atoms with Crippen molar-refractivity contribution in [3.8, 4) is 16.3 Å². The number of para-hydroxylation sites is 2. The van der Waals surface area contributed by atoms with Gasteiger partial charge in [-0.2, -0.15) is 0 Å². The van der Waals surface area contributed by atoms with Crippen molar-refractivity contribution in [1.82, 2.24) is 15.0 Å². The second kappa shape index (κ2) is 6.67. The van der Waals surface area contributed by atoms with Gasteiger partial charge in [0.15, 0.2) is 5.16 Å². The second-order valence-electron chi connectivity index (χ2n) is 5.22. The number of fused-ring (bicyclic) bond motifs is 1. The zero-order valence-corrected chi connectivity index (χ0v) is 14.7. The number of nitrogens with zero attached hydrogens (tertiary/aromatic N) is 2. The molecule has 4 rings (SSSR count). The molecule has 2 aromatic carbocycles. The average molecular weight is 353 g/mol. The van der Waals surface area contributed by atoms with Crippen LogP contribution in [-0.4, -0.2) is 22.1 Å². The van der Waals surface area contributed by atoms with E-state index < -0.39 is 0 Å². The fraction of sp³-hybridized carbons (Fsp3) is 0.111. The number of thiazole rings is 1. The number of hydrogen-bond acceptors (Lipinski definition) is 5. The predicted molar refractivity (Wildman–Crippen MR) is 99.8 cm³/mol. The molecule has 0 bridgehead atoms. The molecule has 0 radical (unpaired) electrons. The summed E-state index contributed by atoms with van der Waals surface area (Å²) in [6.07, 6.45) is 0. The first-order valence-corrected chi connectivity index (χ1v) is 9.35. The van der Waals surface area contributed by atoms with E-state index in [-0.39, 0.29) is 0 Å². The number of thioether (sulfide) groups is 1. The van der Waals surface area contributed by atoms with Gasteiger partial charge in [0, 0.05) is 16.7 Å². The molecule has 0 spiro atoms. The van der Waals surface area contributed by atoms with Gasteiger partial charge in [-0.15, -0.1) is 11.3 Å². The van der Waals surface area contributed by atoms with E-state index in [0.717, 1.165) is 44.0 Å². The van der Waals surface area contributed by atoms with Gasteiger partial charge in [0.25, 0.3) is 0 Å². The second-order valence-corrected chi connectivity index (χ2v) is 7.04. The molecular formula is C18H15N3OS2. The Balaban J connectivity index is 1.46. The molecule has 4 nitrogen and oxygen atoms in total. The number of benzene rings is 2. The lowest BCUT2D eigenvalue weighted by molar-refractivity contribution is 0.415. The maximum Gasteiger partial charge on any atom is 0.166 e. The molecule has 0 atom stereocenters. The summed E-state index contributed by atoms with van der Waals surface area (Å²) in [5, 5.41) is 4.06. The first-order chi connectivity index (χ1) is 11.8. The number of rotatable bonds is 5. The molecule has 4 aromatic rings. The zero-order chi connectivity index (χ0) is 16.4. The maximum absolute atomic E-state index is 5.19. The summed E-state index contributed by atoms with van der Waals surface area (Å²) in [6, 6.07) is 16.0. The predicted octanol–water partition coefficient (Wildman–Crippen LogP) is 4.99. The summed E-state index contributed by atoms with van der Waals surface area (Å²) >= 11 is 3.33. The van der Waals surface area contributed by atoms with Crippen LogP contribution in [0.3, 0.4) is 0 Å². The van der Waals surface area contributed by atoms with Crippen molar-refractivity contribution >= 4 is 34.1 Å². The molecule has 0 saturated heterocycles. The van der Waals surface area contributed by atoms with Gasteiger partial charge in [-0.3, -0.25) is 0 Å². The fourth-order valence-corrected chi connectivity index (χ4v) is 4.09.